The van der Waals surface area contributed by atoms with E-state index in [9.17, 15) is 28.8 Å². The van der Waals surface area contributed by atoms with E-state index in [1.807, 2.05) is 48.5 Å². The lowest BCUT2D eigenvalue weighted by Crippen LogP contribution is -2.64. The molecule has 0 N–H and O–H groups in total. The summed E-state index contributed by atoms with van der Waals surface area (Å²) >= 11 is 0. The number of fused-ring (bicyclic) bond motifs is 2. The first-order valence-corrected chi connectivity index (χ1v) is 15.8. The Bertz CT molecular complexity index is 1930. The lowest BCUT2D eigenvalue weighted by molar-refractivity contribution is -0.256. The summed E-state index contributed by atoms with van der Waals surface area (Å²) in [7, 11) is 0. The van der Waals surface area contributed by atoms with Crippen LogP contribution in [0.3, 0.4) is 0 Å². The first-order chi connectivity index (χ1) is 23.5. The van der Waals surface area contributed by atoms with Crippen molar-refractivity contribution in [2.45, 2.75) is 64.1 Å². The number of hydrogen-bond donors (Lipinski definition) is 0. The summed E-state index contributed by atoms with van der Waals surface area (Å²) in [6.45, 7) is 4.18. The van der Waals surface area contributed by atoms with E-state index in [1.54, 1.807) is 30.3 Å². The summed E-state index contributed by atoms with van der Waals surface area (Å²) in [6, 6.07) is 20.0. The topological polar surface area (TPSA) is 149 Å². The molecule has 0 spiro atoms. The van der Waals surface area contributed by atoms with E-state index < -0.39 is 78.6 Å². The van der Waals surface area contributed by atoms with Crippen LogP contribution in [0.1, 0.15) is 59.9 Å². The largest absolute Gasteiger partial charge is 0.463 e. The van der Waals surface area contributed by atoms with Crippen LogP contribution < -0.4 is 0 Å². The Balaban J connectivity index is 1.55. The van der Waals surface area contributed by atoms with Gasteiger partial charge in [0.25, 0.3) is 0 Å². The summed E-state index contributed by atoms with van der Waals surface area (Å²) in [4.78, 5) is 78.2. The summed E-state index contributed by atoms with van der Waals surface area (Å²) in [5.74, 6) is -5.38. The fourth-order valence-electron chi connectivity index (χ4n) is 7.08. The molecule has 11 nitrogen and oxygen atoms in total. The van der Waals surface area contributed by atoms with Crippen molar-refractivity contribution < 1.29 is 52.5 Å². The summed E-state index contributed by atoms with van der Waals surface area (Å²) in [6.07, 6.45) is -3.16. The van der Waals surface area contributed by atoms with E-state index in [-0.39, 0.29) is 28.1 Å². The van der Waals surface area contributed by atoms with Crippen LogP contribution >= 0.6 is 0 Å². The molecule has 1 fully saturated rings. The lowest BCUT2D eigenvalue weighted by atomic mass is 9.67. The molecule has 0 saturated carbocycles. The first kappa shape index (κ1) is 33.5. The van der Waals surface area contributed by atoms with E-state index in [1.165, 1.54) is 6.92 Å². The predicted molar refractivity (Wildman–Crippen MR) is 173 cm³/mol. The number of hydrogen-bond acceptors (Lipinski definition) is 11. The molecule has 3 aromatic rings. The molecule has 0 radical (unpaired) electrons. The number of carbonyl (C=O) groups excluding carboxylic acids is 6. The van der Waals surface area contributed by atoms with Crippen molar-refractivity contribution in [2.24, 2.45) is 5.92 Å². The zero-order valence-electron chi connectivity index (χ0n) is 27.2. The molecule has 11 heteroatoms. The maximum atomic E-state index is 14.6. The van der Waals surface area contributed by atoms with Crippen LogP contribution in [0.5, 0.6) is 0 Å². The van der Waals surface area contributed by atoms with Gasteiger partial charge in [0.05, 0.1) is 0 Å². The summed E-state index contributed by atoms with van der Waals surface area (Å²) < 4.78 is 28.6. The zero-order chi connectivity index (χ0) is 35.0. The van der Waals surface area contributed by atoms with Gasteiger partial charge in [-0.1, -0.05) is 78.9 Å². The van der Waals surface area contributed by atoms with E-state index in [2.05, 4.69) is 0 Å². The highest BCUT2D eigenvalue weighted by Crippen LogP contribution is 2.47. The smallest absolute Gasteiger partial charge is 0.303 e. The van der Waals surface area contributed by atoms with E-state index in [4.69, 9.17) is 23.7 Å². The Labute approximate surface area is 281 Å². The first-order valence-electron chi connectivity index (χ1n) is 15.8. The normalized spacial score (nSPS) is 26.0. The molecular weight excluding hydrogens is 632 g/mol. The Morgan fingerprint density at radius 1 is 0.633 bits per heavy atom. The minimum absolute atomic E-state index is 0.130. The average Bonchev–Trinajstić information content (AvgIpc) is 3.06. The van der Waals surface area contributed by atoms with Crippen molar-refractivity contribution in [2.75, 3.05) is 6.61 Å². The molecule has 252 valence electrons. The molecule has 0 aromatic heterocycles. The molecule has 0 bridgehead atoms. The van der Waals surface area contributed by atoms with Gasteiger partial charge in [-0.15, -0.1) is 0 Å². The number of rotatable bonds is 7. The van der Waals surface area contributed by atoms with Crippen molar-refractivity contribution in [3.05, 3.63) is 107 Å². The summed E-state index contributed by atoms with van der Waals surface area (Å²) in [5, 5.41) is 1.85. The number of ether oxygens (including phenoxy) is 5. The highest BCUT2D eigenvalue weighted by molar-refractivity contribution is 6.28. The highest BCUT2D eigenvalue weighted by atomic mass is 16.7. The van der Waals surface area contributed by atoms with Crippen molar-refractivity contribution >= 4 is 46.2 Å². The summed E-state index contributed by atoms with van der Waals surface area (Å²) in [5.41, 5.74) is 1.63. The van der Waals surface area contributed by atoms with Crippen LogP contribution in [-0.4, -0.2) is 72.6 Å². The maximum absolute atomic E-state index is 14.6. The van der Waals surface area contributed by atoms with Gasteiger partial charge in [0, 0.05) is 61.8 Å². The second-order valence-electron chi connectivity index (χ2n) is 12.2. The van der Waals surface area contributed by atoms with Crippen molar-refractivity contribution in [3.8, 4) is 0 Å². The maximum Gasteiger partial charge on any atom is 0.303 e. The molecule has 3 aromatic carbocycles. The van der Waals surface area contributed by atoms with Crippen LogP contribution in [0.2, 0.25) is 0 Å². The molecular formula is C38H34O11. The highest BCUT2D eigenvalue weighted by Gasteiger charge is 2.56. The Morgan fingerprint density at radius 3 is 1.86 bits per heavy atom. The number of benzene rings is 3. The van der Waals surface area contributed by atoms with Gasteiger partial charge in [-0.3, -0.25) is 28.8 Å². The molecule has 1 heterocycles. The van der Waals surface area contributed by atoms with Crippen LogP contribution in [0, 0.1) is 5.92 Å². The standard InChI is InChI=1S/C38H34O11/c1-19(39)45-18-30-36(46-20(2)40)38(48-22(4)42)37(47-21(3)41)35(49-30)29-17-16-26(25-15-9-11-23-10-5-6-12-24(23)25)31-32(29)34(44)28-14-8-7-13-27(28)33(31)43/h5-17,26,29-30,35-38H,18H2,1-4H3/t26?,29?,30-,35+,36-,37+,38+/m1/s1. The Morgan fingerprint density at radius 2 is 1.20 bits per heavy atom. The SMILES string of the molecule is CC(=O)OC[C@H]1O[C@@H](C2C=CC(c3cccc4ccccc34)C3=C2C(=O)c2ccccc2C3=O)[C@H](OC(C)=O)[C@@H](OC(C)=O)[C@@H]1OC(C)=O. The minimum atomic E-state index is -1.43. The van der Waals surface area contributed by atoms with Gasteiger partial charge >= 0.3 is 23.9 Å². The second-order valence-corrected chi connectivity index (χ2v) is 12.2. The minimum Gasteiger partial charge on any atom is -0.463 e. The van der Waals surface area contributed by atoms with E-state index in [0.717, 1.165) is 37.1 Å². The van der Waals surface area contributed by atoms with Crippen LogP contribution in [0.25, 0.3) is 10.8 Å². The van der Waals surface area contributed by atoms with Crippen molar-refractivity contribution in [3.63, 3.8) is 0 Å². The van der Waals surface area contributed by atoms with Gasteiger partial charge in [-0.2, -0.15) is 0 Å². The molecule has 0 amide bonds. The second kappa shape index (κ2) is 13.6. The Kier molecular flexibility index (Phi) is 9.29. The van der Waals surface area contributed by atoms with Gasteiger partial charge in [0.2, 0.25) is 0 Å². The predicted octanol–water partition coefficient (Wildman–Crippen LogP) is 4.61. The fourth-order valence-corrected chi connectivity index (χ4v) is 7.08. The van der Waals surface area contributed by atoms with Gasteiger partial charge in [0.15, 0.2) is 29.9 Å². The van der Waals surface area contributed by atoms with Gasteiger partial charge < -0.3 is 23.7 Å². The molecule has 2 unspecified atom stereocenters. The fraction of sp³-hybridized carbons (Fsp3) is 0.316. The van der Waals surface area contributed by atoms with Gasteiger partial charge in [0.1, 0.15) is 18.8 Å². The zero-order valence-corrected chi connectivity index (χ0v) is 27.2. The molecule has 1 saturated heterocycles. The van der Waals surface area contributed by atoms with E-state index in [0.29, 0.717) is 0 Å². The number of esters is 4. The third kappa shape index (κ3) is 6.41. The molecule has 3 aliphatic rings. The van der Waals surface area contributed by atoms with Crippen LogP contribution in [0.4, 0.5) is 0 Å². The molecule has 7 atom stereocenters. The van der Waals surface area contributed by atoms with E-state index >= 15 is 0 Å². The average molecular weight is 667 g/mol. The lowest BCUT2D eigenvalue weighted by Gasteiger charge is -2.47. The van der Waals surface area contributed by atoms with Crippen molar-refractivity contribution in [1.82, 2.24) is 0 Å². The number of Topliss-reactive ketones (excluding diaryl/α,β-unsaturated/α-hetero) is 2. The molecule has 6 rings (SSSR count). The quantitative estimate of drug-likeness (QED) is 0.198. The van der Waals surface area contributed by atoms with Crippen molar-refractivity contribution in [1.29, 1.82) is 0 Å². The molecule has 49 heavy (non-hydrogen) atoms. The number of allylic oxidation sites excluding steroid dienone is 2. The Hall–Kier alpha value is -5.42. The van der Waals surface area contributed by atoms with Crippen LogP contribution in [0.15, 0.2) is 90.0 Å². The number of ketones is 2. The molecule has 2 aliphatic carbocycles. The molecule has 1 aliphatic heterocycles. The van der Waals surface area contributed by atoms with Gasteiger partial charge in [-0.05, 0) is 16.3 Å². The van der Waals surface area contributed by atoms with Crippen LogP contribution in [-0.2, 0) is 42.9 Å². The third-order valence-corrected chi connectivity index (χ3v) is 8.89. The third-order valence-electron chi connectivity index (χ3n) is 8.89. The van der Waals surface area contributed by atoms with Gasteiger partial charge in [-0.25, -0.2) is 0 Å². The monoisotopic (exact) mass is 666 g/mol. The number of carbonyl (C=O) groups is 6.